The summed E-state index contributed by atoms with van der Waals surface area (Å²) in [6.07, 6.45) is 3.75. The molecule has 160 valence electrons. The molecule has 0 aromatic heterocycles. The molecular weight excluding hydrogens is 471 g/mol. The van der Waals surface area contributed by atoms with Crippen LogP contribution in [0.25, 0.3) is 0 Å². The molecule has 1 aromatic carbocycles. The van der Waals surface area contributed by atoms with Gasteiger partial charge in [-0.1, -0.05) is 0 Å². The van der Waals surface area contributed by atoms with Crippen molar-refractivity contribution in [1.29, 1.82) is 0 Å². The van der Waals surface area contributed by atoms with E-state index in [-0.39, 0.29) is 24.0 Å². The molecule has 8 heteroatoms. The summed E-state index contributed by atoms with van der Waals surface area (Å²) in [5, 5.41) is 6.77. The van der Waals surface area contributed by atoms with Gasteiger partial charge in [0, 0.05) is 20.1 Å². The molecule has 0 atom stereocenters. The van der Waals surface area contributed by atoms with Crippen LogP contribution in [-0.4, -0.2) is 65.9 Å². The minimum atomic E-state index is 0. The lowest BCUT2D eigenvalue weighted by molar-refractivity contribution is 0.213. The number of halogens is 1. The first-order valence-electron chi connectivity index (χ1n) is 9.53. The highest BCUT2D eigenvalue weighted by molar-refractivity contribution is 14.0. The number of likely N-dealkylation sites (tertiary alicyclic amines) is 1. The number of nitrogens with zero attached hydrogens (tertiary/aromatic N) is 2. The van der Waals surface area contributed by atoms with E-state index in [0.29, 0.717) is 23.8 Å². The van der Waals surface area contributed by atoms with Crippen molar-refractivity contribution in [2.45, 2.75) is 25.8 Å². The van der Waals surface area contributed by atoms with Crippen LogP contribution in [0.15, 0.2) is 17.1 Å². The average Bonchev–Trinajstić information content (AvgIpc) is 2.70. The normalized spacial score (nSPS) is 15.5. The molecule has 2 rings (SSSR count). The van der Waals surface area contributed by atoms with E-state index in [1.54, 1.807) is 28.4 Å². The topological polar surface area (TPSA) is 67.4 Å². The zero-order valence-corrected chi connectivity index (χ0v) is 20.0. The number of rotatable bonds is 8. The van der Waals surface area contributed by atoms with Crippen LogP contribution in [0.2, 0.25) is 0 Å². The molecule has 1 heterocycles. The molecule has 28 heavy (non-hydrogen) atoms. The molecule has 0 unspecified atom stereocenters. The van der Waals surface area contributed by atoms with Gasteiger partial charge in [-0.05, 0) is 63.0 Å². The summed E-state index contributed by atoms with van der Waals surface area (Å²) in [6, 6.07) is 3.89. The molecule has 0 aliphatic carbocycles. The maximum Gasteiger partial charge on any atom is 0.203 e. The maximum atomic E-state index is 5.41. The van der Waals surface area contributed by atoms with Gasteiger partial charge in [0.25, 0.3) is 0 Å². The van der Waals surface area contributed by atoms with Gasteiger partial charge in [0.15, 0.2) is 17.5 Å². The van der Waals surface area contributed by atoms with Gasteiger partial charge in [-0.25, -0.2) is 0 Å². The third kappa shape index (κ3) is 7.20. The number of hydrogen-bond donors (Lipinski definition) is 2. The molecule has 7 nitrogen and oxygen atoms in total. The summed E-state index contributed by atoms with van der Waals surface area (Å²) in [5.74, 6) is 3.51. The van der Waals surface area contributed by atoms with E-state index in [9.17, 15) is 0 Å². The van der Waals surface area contributed by atoms with E-state index in [1.165, 1.54) is 32.4 Å². The van der Waals surface area contributed by atoms with Gasteiger partial charge in [0.1, 0.15) is 0 Å². The summed E-state index contributed by atoms with van der Waals surface area (Å²) in [5.41, 5.74) is 1.03. The van der Waals surface area contributed by atoms with Gasteiger partial charge in [-0.15, -0.1) is 24.0 Å². The Bertz CT molecular complexity index is 594. The summed E-state index contributed by atoms with van der Waals surface area (Å²) in [6.45, 7) is 3.96. The lowest BCUT2D eigenvalue weighted by Gasteiger charge is -2.29. The van der Waals surface area contributed by atoms with Crippen LogP contribution in [0.3, 0.4) is 0 Å². The molecule has 0 radical (unpaired) electrons. The van der Waals surface area contributed by atoms with Crippen molar-refractivity contribution in [2.75, 3.05) is 55.1 Å². The molecule has 1 aromatic rings. The Balaban J connectivity index is 0.00000392. The standard InChI is InChI=1S/C20H34N4O3.HI/c1-21-20(22-9-6-15-7-10-24(2)11-8-15)23-14-16-12-17(25-3)19(27-5)18(13-16)26-4;/h12-13,15H,6-11,14H2,1-5H3,(H2,21,22,23);1H. The number of guanidine groups is 1. The Labute approximate surface area is 186 Å². The van der Waals surface area contributed by atoms with Crippen LogP contribution in [0.4, 0.5) is 0 Å². The monoisotopic (exact) mass is 506 g/mol. The number of benzene rings is 1. The molecule has 0 spiro atoms. The Kier molecular flexibility index (Phi) is 11.4. The number of nitrogens with one attached hydrogen (secondary N) is 2. The number of piperidine rings is 1. The van der Waals surface area contributed by atoms with Gasteiger partial charge in [-0.2, -0.15) is 0 Å². The smallest absolute Gasteiger partial charge is 0.203 e. The zero-order chi connectivity index (χ0) is 19.6. The first-order valence-corrected chi connectivity index (χ1v) is 9.53. The van der Waals surface area contributed by atoms with Gasteiger partial charge in [0.2, 0.25) is 5.75 Å². The quantitative estimate of drug-likeness (QED) is 0.321. The summed E-state index contributed by atoms with van der Waals surface area (Å²) >= 11 is 0. The minimum Gasteiger partial charge on any atom is -0.493 e. The van der Waals surface area contributed by atoms with E-state index in [1.807, 2.05) is 12.1 Å². The fourth-order valence-electron chi connectivity index (χ4n) is 3.39. The third-order valence-corrected chi connectivity index (χ3v) is 5.09. The van der Waals surface area contributed by atoms with E-state index < -0.39 is 0 Å². The Morgan fingerprint density at radius 3 is 2.18 bits per heavy atom. The van der Waals surface area contributed by atoms with Crippen molar-refractivity contribution in [3.05, 3.63) is 17.7 Å². The van der Waals surface area contributed by atoms with Crippen LogP contribution in [-0.2, 0) is 6.54 Å². The SMILES string of the molecule is CN=C(NCCC1CCN(C)CC1)NCc1cc(OC)c(OC)c(OC)c1.I. The van der Waals surface area contributed by atoms with E-state index in [4.69, 9.17) is 14.2 Å². The number of hydrogen-bond acceptors (Lipinski definition) is 5. The molecular formula is C20H35IN4O3. The van der Waals surface area contributed by atoms with Crippen LogP contribution in [0.1, 0.15) is 24.8 Å². The van der Waals surface area contributed by atoms with Crippen molar-refractivity contribution in [2.24, 2.45) is 10.9 Å². The highest BCUT2D eigenvalue weighted by Crippen LogP contribution is 2.38. The summed E-state index contributed by atoms with van der Waals surface area (Å²) in [7, 11) is 8.84. The predicted molar refractivity (Wildman–Crippen MR) is 125 cm³/mol. The van der Waals surface area contributed by atoms with Gasteiger partial charge >= 0.3 is 0 Å². The van der Waals surface area contributed by atoms with Crippen molar-refractivity contribution < 1.29 is 14.2 Å². The molecule has 2 N–H and O–H groups in total. The number of methoxy groups -OCH3 is 3. The van der Waals surface area contributed by atoms with Crippen molar-refractivity contribution in [3.63, 3.8) is 0 Å². The van der Waals surface area contributed by atoms with E-state index >= 15 is 0 Å². The lowest BCUT2D eigenvalue weighted by atomic mass is 9.94. The minimum absolute atomic E-state index is 0. The first-order chi connectivity index (χ1) is 13.1. The molecule has 1 saturated heterocycles. The van der Waals surface area contributed by atoms with Crippen LogP contribution >= 0.6 is 24.0 Å². The van der Waals surface area contributed by atoms with Crippen molar-refractivity contribution >= 4 is 29.9 Å². The van der Waals surface area contributed by atoms with Gasteiger partial charge < -0.3 is 29.7 Å². The molecule has 1 aliphatic heterocycles. The van der Waals surface area contributed by atoms with Crippen LogP contribution < -0.4 is 24.8 Å². The highest BCUT2D eigenvalue weighted by Gasteiger charge is 2.16. The van der Waals surface area contributed by atoms with Crippen molar-refractivity contribution in [1.82, 2.24) is 15.5 Å². The second-order valence-electron chi connectivity index (χ2n) is 6.92. The summed E-state index contributed by atoms with van der Waals surface area (Å²) in [4.78, 5) is 6.72. The summed E-state index contributed by atoms with van der Waals surface area (Å²) < 4.78 is 16.2. The first kappa shape index (κ1) is 24.6. The highest BCUT2D eigenvalue weighted by atomic mass is 127. The number of aliphatic imine (C=N–C) groups is 1. The lowest BCUT2D eigenvalue weighted by Crippen LogP contribution is -2.38. The molecule has 1 fully saturated rings. The average molecular weight is 506 g/mol. The second kappa shape index (κ2) is 12.9. The predicted octanol–water partition coefficient (Wildman–Crippen LogP) is 2.73. The van der Waals surface area contributed by atoms with Gasteiger partial charge in [-0.3, -0.25) is 4.99 Å². The van der Waals surface area contributed by atoms with E-state index in [0.717, 1.165) is 24.0 Å². The Morgan fingerprint density at radius 1 is 1.07 bits per heavy atom. The fraction of sp³-hybridized carbons (Fsp3) is 0.650. The second-order valence-corrected chi connectivity index (χ2v) is 6.92. The Morgan fingerprint density at radius 2 is 1.68 bits per heavy atom. The Hall–Kier alpha value is -1.42. The van der Waals surface area contributed by atoms with Gasteiger partial charge in [0.05, 0.1) is 21.3 Å². The van der Waals surface area contributed by atoms with Crippen LogP contribution in [0, 0.1) is 5.92 Å². The molecule has 1 aliphatic rings. The molecule has 0 saturated carbocycles. The van der Waals surface area contributed by atoms with E-state index in [2.05, 4.69) is 27.6 Å². The van der Waals surface area contributed by atoms with Crippen LogP contribution in [0.5, 0.6) is 17.2 Å². The van der Waals surface area contributed by atoms with Crippen molar-refractivity contribution in [3.8, 4) is 17.2 Å². The fourth-order valence-corrected chi connectivity index (χ4v) is 3.39. The zero-order valence-electron chi connectivity index (χ0n) is 17.7. The number of ether oxygens (including phenoxy) is 3. The molecule has 0 bridgehead atoms. The maximum absolute atomic E-state index is 5.41. The molecule has 0 amide bonds. The third-order valence-electron chi connectivity index (χ3n) is 5.09. The largest absolute Gasteiger partial charge is 0.493 e.